The Morgan fingerprint density at radius 2 is 2.32 bits per heavy atom. The van der Waals surface area contributed by atoms with Gasteiger partial charge in [0, 0.05) is 26.3 Å². The lowest BCUT2D eigenvalue weighted by Crippen LogP contribution is -2.53. The van der Waals surface area contributed by atoms with Crippen molar-refractivity contribution in [2.45, 2.75) is 38.1 Å². The summed E-state index contributed by atoms with van der Waals surface area (Å²) in [6.07, 6.45) is 9.52. The van der Waals surface area contributed by atoms with Crippen LogP contribution in [0.3, 0.4) is 0 Å². The van der Waals surface area contributed by atoms with Crippen LogP contribution in [0.4, 0.5) is 4.79 Å². The maximum atomic E-state index is 12.3. The first kappa shape index (κ1) is 15.3. The zero-order valence-corrected chi connectivity index (χ0v) is 13.3. The molecule has 1 aliphatic heterocycles. The molecule has 0 radical (unpaired) electrons. The van der Waals surface area contributed by atoms with Crippen molar-refractivity contribution >= 4 is 6.03 Å². The van der Waals surface area contributed by atoms with Gasteiger partial charge in [0.15, 0.2) is 0 Å². The SMILES string of the molecule is Cn1cc(CCCCNC(=O)N2CCOC[C@H]2C2CC2)cn1. The van der Waals surface area contributed by atoms with Gasteiger partial charge in [-0.15, -0.1) is 0 Å². The van der Waals surface area contributed by atoms with Crippen LogP contribution in [-0.4, -0.2) is 53.1 Å². The first-order chi connectivity index (χ1) is 10.7. The van der Waals surface area contributed by atoms with E-state index in [2.05, 4.69) is 10.4 Å². The highest BCUT2D eigenvalue weighted by molar-refractivity contribution is 5.74. The Bertz CT molecular complexity index is 498. The number of carbonyl (C=O) groups is 1. The van der Waals surface area contributed by atoms with Crippen LogP contribution in [0.5, 0.6) is 0 Å². The van der Waals surface area contributed by atoms with Gasteiger partial charge in [0.1, 0.15) is 0 Å². The van der Waals surface area contributed by atoms with Crippen LogP contribution in [-0.2, 0) is 18.2 Å². The largest absolute Gasteiger partial charge is 0.377 e. The van der Waals surface area contributed by atoms with Gasteiger partial charge in [-0.3, -0.25) is 4.68 Å². The summed E-state index contributed by atoms with van der Waals surface area (Å²) in [5, 5.41) is 7.23. The first-order valence-corrected chi connectivity index (χ1v) is 8.34. The second-order valence-electron chi connectivity index (χ2n) is 6.38. The molecule has 0 aromatic carbocycles. The van der Waals surface area contributed by atoms with Gasteiger partial charge in [-0.05, 0) is 43.6 Å². The van der Waals surface area contributed by atoms with E-state index < -0.39 is 0 Å². The summed E-state index contributed by atoms with van der Waals surface area (Å²) in [7, 11) is 1.93. The number of rotatable bonds is 6. The smallest absolute Gasteiger partial charge is 0.317 e. The van der Waals surface area contributed by atoms with Gasteiger partial charge >= 0.3 is 6.03 Å². The second kappa shape index (κ2) is 7.13. The topological polar surface area (TPSA) is 59.4 Å². The number of hydrogen-bond donors (Lipinski definition) is 1. The van der Waals surface area contributed by atoms with Crippen molar-refractivity contribution in [3.63, 3.8) is 0 Å². The molecule has 6 heteroatoms. The van der Waals surface area contributed by atoms with E-state index in [1.54, 1.807) is 0 Å². The van der Waals surface area contributed by atoms with Crippen molar-refractivity contribution in [2.24, 2.45) is 13.0 Å². The minimum absolute atomic E-state index is 0.0848. The van der Waals surface area contributed by atoms with Crippen molar-refractivity contribution in [1.29, 1.82) is 0 Å². The maximum absolute atomic E-state index is 12.3. The molecular weight excluding hydrogens is 280 g/mol. The van der Waals surface area contributed by atoms with Crippen molar-refractivity contribution in [2.75, 3.05) is 26.3 Å². The fraction of sp³-hybridized carbons (Fsp3) is 0.750. The molecule has 2 aliphatic rings. The van der Waals surface area contributed by atoms with Crippen LogP contribution < -0.4 is 5.32 Å². The molecule has 2 fully saturated rings. The van der Waals surface area contributed by atoms with E-state index in [1.165, 1.54) is 18.4 Å². The van der Waals surface area contributed by atoms with Gasteiger partial charge in [0.25, 0.3) is 0 Å². The van der Waals surface area contributed by atoms with Gasteiger partial charge in [-0.1, -0.05) is 0 Å². The van der Waals surface area contributed by atoms with Gasteiger partial charge in [0.05, 0.1) is 25.5 Å². The molecule has 1 saturated heterocycles. The van der Waals surface area contributed by atoms with E-state index in [4.69, 9.17) is 4.74 Å². The average molecular weight is 306 g/mol. The van der Waals surface area contributed by atoms with Crippen LogP contribution >= 0.6 is 0 Å². The number of urea groups is 1. The summed E-state index contributed by atoms with van der Waals surface area (Å²) >= 11 is 0. The Morgan fingerprint density at radius 1 is 1.45 bits per heavy atom. The van der Waals surface area contributed by atoms with Gasteiger partial charge in [-0.25, -0.2) is 4.79 Å². The molecule has 1 aromatic heterocycles. The standard InChI is InChI=1S/C16H26N4O2/c1-19-11-13(10-18-19)4-2-3-7-17-16(21)20-8-9-22-12-15(20)14-5-6-14/h10-11,14-15H,2-9,12H2,1H3,(H,17,21)/t15-/m0/s1. The minimum atomic E-state index is 0.0848. The number of nitrogens with zero attached hydrogens (tertiary/aromatic N) is 3. The Kier molecular flexibility index (Phi) is 4.97. The molecule has 1 saturated carbocycles. The number of amides is 2. The first-order valence-electron chi connectivity index (χ1n) is 8.34. The molecule has 0 unspecified atom stereocenters. The fourth-order valence-corrected chi connectivity index (χ4v) is 3.10. The van der Waals surface area contributed by atoms with Gasteiger partial charge in [-0.2, -0.15) is 5.10 Å². The second-order valence-corrected chi connectivity index (χ2v) is 6.38. The molecule has 1 atom stereocenters. The van der Waals surface area contributed by atoms with Gasteiger partial charge < -0.3 is 15.0 Å². The van der Waals surface area contributed by atoms with Crippen LogP contribution in [0.2, 0.25) is 0 Å². The average Bonchev–Trinajstić information content (AvgIpc) is 3.29. The predicted octanol–water partition coefficient (Wildman–Crippen LogP) is 1.56. The molecular formula is C16H26N4O2. The number of unbranched alkanes of at least 4 members (excludes halogenated alkanes) is 1. The third-order valence-electron chi connectivity index (χ3n) is 4.52. The number of nitrogens with one attached hydrogen (secondary N) is 1. The van der Waals surface area contributed by atoms with E-state index in [0.29, 0.717) is 25.2 Å². The molecule has 1 aromatic rings. The summed E-state index contributed by atoms with van der Waals surface area (Å²) in [6.45, 7) is 2.84. The van der Waals surface area contributed by atoms with E-state index >= 15 is 0 Å². The van der Waals surface area contributed by atoms with E-state index in [-0.39, 0.29) is 6.03 Å². The summed E-state index contributed by atoms with van der Waals surface area (Å²) in [5.74, 6) is 0.664. The molecule has 122 valence electrons. The molecule has 3 rings (SSSR count). The van der Waals surface area contributed by atoms with Crippen LogP contribution in [0.1, 0.15) is 31.2 Å². The van der Waals surface area contributed by atoms with Crippen molar-refractivity contribution in [3.05, 3.63) is 18.0 Å². The highest BCUT2D eigenvalue weighted by Gasteiger charge is 2.39. The minimum Gasteiger partial charge on any atom is -0.377 e. The third-order valence-corrected chi connectivity index (χ3v) is 4.52. The fourth-order valence-electron chi connectivity index (χ4n) is 3.10. The van der Waals surface area contributed by atoms with E-state index in [1.807, 2.05) is 29.0 Å². The zero-order chi connectivity index (χ0) is 15.4. The van der Waals surface area contributed by atoms with E-state index in [9.17, 15) is 4.79 Å². The zero-order valence-electron chi connectivity index (χ0n) is 13.3. The summed E-state index contributed by atoms with van der Waals surface area (Å²) in [4.78, 5) is 14.3. The third kappa shape index (κ3) is 4.00. The Hall–Kier alpha value is -1.56. The van der Waals surface area contributed by atoms with Gasteiger partial charge in [0.2, 0.25) is 0 Å². The van der Waals surface area contributed by atoms with Crippen LogP contribution in [0.15, 0.2) is 12.4 Å². The highest BCUT2D eigenvalue weighted by Crippen LogP contribution is 2.36. The number of carbonyl (C=O) groups excluding carboxylic acids is 1. The number of aromatic nitrogens is 2. The molecule has 6 nitrogen and oxygen atoms in total. The molecule has 2 heterocycles. The summed E-state index contributed by atoms with van der Waals surface area (Å²) in [5.41, 5.74) is 1.26. The lowest BCUT2D eigenvalue weighted by molar-refractivity contribution is 0.00473. The number of aryl methyl sites for hydroxylation is 2. The maximum Gasteiger partial charge on any atom is 0.317 e. The molecule has 2 amide bonds. The lowest BCUT2D eigenvalue weighted by atomic mass is 10.1. The lowest BCUT2D eigenvalue weighted by Gasteiger charge is -2.35. The summed E-state index contributed by atoms with van der Waals surface area (Å²) in [6, 6.07) is 0.380. The predicted molar refractivity (Wildman–Crippen MR) is 83.6 cm³/mol. The Morgan fingerprint density at radius 3 is 3.05 bits per heavy atom. The molecule has 22 heavy (non-hydrogen) atoms. The Balaban J connectivity index is 1.34. The molecule has 1 N–H and O–H groups in total. The molecule has 0 bridgehead atoms. The van der Waals surface area contributed by atoms with Crippen molar-refractivity contribution in [3.8, 4) is 0 Å². The van der Waals surface area contributed by atoms with Crippen LogP contribution in [0.25, 0.3) is 0 Å². The Labute approximate surface area is 131 Å². The normalized spacial score (nSPS) is 21.9. The van der Waals surface area contributed by atoms with Crippen LogP contribution in [0, 0.1) is 5.92 Å². The van der Waals surface area contributed by atoms with Crippen molar-refractivity contribution in [1.82, 2.24) is 20.0 Å². The van der Waals surface area contributed by atoms with Crippen molar-refractivity contribution < 1.29 is 9.53 Å². The number of morpholine rings is 1. The summed E-state index contributed by atoms with van der Waals surface area (Å²) < 4.78 is 7.36. The number of hydrogen-bond acceptors (Lipinski definition) is 3. The number of ether oxygens (including phenoxy) is 1. The molecule has 1 aliphatic carbocycles. The monoisotopic (exact) mass is 306 g/mol. The van der Waals surface area contributed by atoms with E-state index in [0.717, 1.165) is 32.4 Å². The highest BCUT2D eigenvalue weighted by atomic mass is 16.5. The molecule has 0 spiro atoms. The quantitative estimate of drug-likeness (QED) is 0.812.